The molecule has 0 amide bonds. The molecule has 1 N–H and O–H groups in total. The van der Waals surface area contributed by atoms with Gasteiger partial charge in [0.1, 0.15) is 11.6 Å². The third kappa shape index (κ3) is 3.95. The van der Waals surface area contributed by atoms with E-state index in [2.05, 4.69) is 42.2 Å². The lowest BCUT2D eigenvalue weighted by molar-refractivity contribution is 0.412. The van der Waals surface area contributed by atoms with E-state index in [9.17, 15) is 4.39 Å². The average molecular weight is 418 g/mol. The zero-order chi connectivity index (χ0) is 15.4. The molecular formula is C15H15Br2FN2O. The molecule has 3 nitrogen and oxygen atoms in total. The highest BCUT2D eigenvalue weighted by Crippen LogP contribution is 2.36. The van der Waals surface area contributed by atoms with Crippen molar-refractivity contribution >= 4 is 37.5 Å². The van der Waals surface area contributed by atoms with Crippen LogP contribution in [0.15, 0.2) is 39.4 Å². The van der Waals surface area contributed by atoms with Gasteiger partial charge in [0.25, 0.3) is 0 Å². The first-order valence-corrected chi connectivity index (χ1v) is 8.04. The first kappa shape index (κ1) is 16.2. The minimum atomic E-state index is -0.333. The van der Waals surface area contributed by atoms with Crippen molar-refractivity contribution in [2.45, 2.75) is 19.4 Å². The van der Waals surface area contributed by atoms with E-state index in [4.69, 9.17) is 4.74 Å². The van der Waals surface area contributed by atoms with Crippen molar-refractivity contribution in [1.82, 2.24) is 4.98 Å². The molecule has 1 unspecified atom stereocenters. The van der Waals surface area contributed by atoms with Gasteiger partial charge in [-0.1, -0.05) is 6.92 Å². The van der Waals surface area contributed by atoms with E-state index in [0.717, 1.165) is 32.5 Å². The first-order chi connectivity index (χ1) is 10.0. The third-order valence-electron chi connectivity index (χ3n) is 3.09. The number of benzene rings is 1. The Balaban J connectivity index is 2.28. The van der Waals surface area contributed by atoms with Crippen LogP contribution in [0.1, 0.15) is 25.1 Å². The molecule has 0 fully saturated rings. The highest BCUT2D eigenvalue weighted by molar-refractivity contribution is 9.11. The second kappa shape index (κ2) is 7.22. The predicted octanol–water partition coefficient (Wildman–Crippen LogP) is 5.32. The van der Waals surface area contributed by atoms with Crippen LogP contribution in [0.4, 0.5) is 10.1 Å². The summed E-state index contributed by atoms with van der Waals surface area (Å²) in [6.07, 6.45) is 2.06. The number of nitrogens with one attached hydrogen (secondary N) is 1. The van der Waals surface area contributed by atoms with E-state index in [0.29, 0.717) is 0 Å². The van der Waals surface area contributed by atoms with Gasteiger partial charge >= 0.3 is 0 Å². The summed E-state index contributed by atoms with van der Waals surface area (Å²) in [5, 5.41) is 3.40. The van der Waals surface area contributed by atoms with Crippen LogP contribution >= 0.6 is 31.9 Å². The van der Waals surface area contributed by atoms with Gasteiger partial charge in [0.2, 0.25) is 0 Å². The highest BCUT2D eigenvalue weighted by atomic mass is 79.9. The zero-order valence-corrected chi connectivity index (χ0v) is 14.8. The number of hydrogen-bond donors (Lipinski definition) is 1. The quantitative estimate of drug-likeness (QED) is 0.714. The van der Waals surface area contributed by atoms with Crippen LogP contribution in [-0.4, -0.2) is 12.1 Å². The van der Waals surface area contributed by atoms with E-state index >= 15 is 0 Å². The summed E-state index contributed by atoms with van der Waals surface area (Å²) in [7, 11) is 1.62. The lowest BCUT2D eigenvalue weighted by Crippen LogP contribution is -2.12. The topological polar surface area (TPSA) is 34.1 Å². The maximum atomic E-state index is 13.0. The van der Waals surface area contributed by atoms with Gasteiger partial charge in [-0.05, 0) is 56.5 Å². The Bertz CT molecular complexity index is 620. The minimum Gasteiger partial charge on any atom is -0.495 e. The molecule has 1 atom stereocenters. The van der Waals surface area contributed by atoms with Gasteiger partial charge in [-0.3, -0.25) is 4.98 Å². The fourth-order valence-electron chi connectivity index (χ4n) is 1.96. The fourth-order valence-corrected chi connectivity index (χ4v) is 3.23. The maximum Gasteiger partial charge on any atom is 0.141 e. The number of nitrogens with zero attached hydrogens (tertiary/aromatic N) is 1. The summed E-state index contributed by atoms with van der Waals surface area (Å²) in [6, 6.07) is 6.93. The van der Waals surface area contributed by atoms with Crippen molar-refractivity contribution in [3.05, 3.63) is 50.9 Å². The number of rotatable bonds is 5. The number of methoxy groups -OCH3 is 1. The van der Waals surface area contributed by atoms with Crippen molar-refractivity contribution in [3.8, 4) is 5.75 Å². The van der Waals surface area contributed by atoms with E-state index in [-0.39, 0.29) is 11.9 Å². The molecule has 1 aromatic carbocycles. The molecule has 0 aliphatic heterocycles. The number of ether oxygens (including phenoxy) is 1. The van der Waals surface area contributed by atoms with E-state index in [1.54, 1.807) is 13.2 Å². The van der Waals surface area contributed by atoms with E-state index < -0.39 is 0 Å². The summed E-state index contributed by atoms with van der Waals surface area (Å²) in [5.41, 5.74) is 1.70. The summed E-state index contributed by atoms with van der Waals surface area (Å²) in [6.45, 7) is 2.05. The summed E-state index contributed by atoms with van der Waals surface area (Å²) in [5.74, 6) is 0.405. The lowest BCUT2D eigenvalue weighted by Gasteiger charge is -2.20. The van der Waals surface area contributed by atoms with Gasteiger partial charge in [0.15, 0.2) is 0 Å². The Morgan fingerprint density at radius 1 is 1.29 bits per heavy atom. The van der Waals surface area contributed by atoms with Crippen LogP contribution in [0.25, 0.3) is 0 Å². The summed E-state index contributed by atoms with van der Waals surface area (Å²) < 4.78 is 20.1. The second-order valence-corrected chi connectivity index (χ2v) is 6.18. The Morgan fingerprint density at radius 3 is 2.62 bits per heavy atom. The molecule has 0 aliphatic carbocycles. The van der Waals surface area contributed by atoms with Crippen LogP contribution in [0.5, 0.6) is 5.75 Å². The van der Waals surface area contributed by atoms with Gasteiger partial charge in [0, 0.05) is 10.5 Å². The van der Waals surface area contributed by atoms with Gasteiger partial charge in [-0.2, -0.15) is 0 Å². The minimum absolute atomic E-state index is 0.00668. The Hall–Kier alpha value is -1.14. The SMILES string of the molecule is CCC(Nc1cc(OC)c(Br)cc1Br)c1ccc(F)cn1. The van der Waals surface area contributed by atoms with E-state index in [1.807, 2.05) is 19.1 Å². The summed E-state index contributed by atoms with van der Waals surface area (Å²) in [4.78, 5) is 4.14. The molecule has 2 rings (SSSR count). The van der Waals surface area contributed by atoms with Crippen LogP contribution < -0.4 is 10.1 Å². The number of halogens is 3. The Labute approximate surface area is 140 Å². The van der Waals surface area contributed by atoms with E-state index in [1.165, 1.54) is 12.3 Å². The number of hydrogen-bond acceptors (Lipinski definition) is 3. The molecule has 21 heavy (non-hydrogen) atoms. The molecule has 0 saturated heterocycles. The number of anilines is 1. The van der Waals surface area contributed by atoms with Crippen molar-refractivity contribution in [1.29, 1.82) is 0 Å². The van der Waals surface area contributed by atoms with Crippen LogP contribution in [-0.2, 0) is 0 Å². The predicted molar refractivity (Wildman–Crippen MR) is 89.2 cm³/mol. The van der Waals surface area contributed by atoms with Crippen molar-refractivity contribution in [2.24, 2.45) is 0 Å². The molecule has 1 heterocycles. The molecule has 0 aliphatic rings. The van der Waals surface area contributed by atoms with Crippen molar-refractivity contribution in [2.75, 3.05) is 12.4 Å². The molecular weight excluding hydrogens is 403 g/mol. The zero-order valence-electron chi connectivity index (χ0n) is 11.7. The van der Waals surface area contributed by atoms with Crippen molar-refractivity contribution in [3.63, 3.8) is 0 Å². The molecule has 0 radical (unpaired) electrons. The second-order valence-electron chi connectivity index (χ2n) is 4.47. The van der Waals surface area contributed by atoms with Gasteiger partial charge in [0.05, 0.1) is 35.2 Å². The summed E-state index contributed by atoms with van der Waals surface area (Å²) >= 11 is 6.96. The highest BCUT2D eigenvalue weighted by Gasteiger charge is 2.14. The monoisotopic (exact) mass is 416 g/mol. The van der Waals surface area contributed by atoms with Crippen LogP contribution in [0.3, 0.4) is 0 Å². The normalized spacial score (nSPS) is 12.0. The molecule has 0 bridgehead atoms. The number of aromatic nitrogens is 1. The fraction of sp³-hybridized carbons (Fsp3) is 0.267. The Kier molecular flexibility index (Phi) is 5.58. The molecule has 1 aromatic heterocycles. The molecule has 6 heteroatoms. The maximum absolute atomic E-state index is 13.0. The van der Waals surface area contributed by atoms with Gasteiger partial charge in [-0.25, -0.2) is 4.39 Å². The smallest absolute Gasteiger partial charge is 0.141 e. The molecule has 112 valence electrons. The van der Waals surface area contributed by atoms with Crippen molar-refractivity contribution < 1.29 is 9.13 Å². The standard InChI is InChI=1S/C15H15Br2FN2O/c1-3-12(13-5-4-9(18)8-19-13)20-14-7-15(21-2)11(17)6-10(14)16/h4-8,12,20H,3H2,1-2H3. The van der Waals surface area contributed by atoms with Crippen LogP contribution in [0, 0.1) is 5.82 Å². The Morgan fingerprint density at radius 2 is 2.05 bits per heavy atom. The molecule has 2 aromatic rings. The third-order valence-corrected chi connectivity index (χ3v) is 4.36. The van der Waals surface area contributed by atoms with Gasteiger partial charge in [-0.15, -0.1) is 0 Å². The lowest BCUT2D eigenvalue weighted by atomic mass is 10.1. The molecule has 0 spiro atoms. The molecule has 0 saturated carbocycles. The number of pyridine rings is 1. The van der Waals surface area contributed by atoms with Gasteiger partial charge < -0.3 is 10.1 Å². The largest absolute Gasteiger partial charge is 0.495 e. The first-order valence-electron chi connectivity index (χ1n) is 6.46. The van der Waals surface area contributed by atoms with Crippen LogP contribution in [0.2, 0.25) is 0 Å². The average Bonchev–Trinajstić information content (AvgIpc) is 2.48.